The van der Waals surface area contributed by atoms with Crippen LogP contribution in [0.25, 0.3) is 10.1 Å². The molecule has 1 aromatic carbocycles. The number of nitrogens with one attached hydrogen (secondary N) is 1. The van der Waals surface area contributed by atoms with E-state index in [1.807, 2.05) is 25.3 Å². The van der Waals surface area contributed by atoms with Crippen LogP contribution in [0.2, 0.25) is 0 Å². The first-order chi connectivity index (χ1) is 9.26. The highest BCUT2D eigenvalue weighted by atomic mass is 32.1. The summed E-state index contributed by atoms with van der Waals surface area (Å²) < 4.78 is 1.35. The Morgan fingerprint density at radius 2 is 2.16 bits per heavy atom. The molecule has 1 unspecified atom stereocenters. The van der Waals surface area contributed by atoms with Gasteiger partial charge in [-0.3, -0.25) is 0 Å². The molecule has 1 atom stereocenters. The summed E-state index contributed by atoms with van der Waals surface area (Å²) in [5, 5.41) is 8.07. The molecule has 0 aliphatic heterocycles. The number of nitrogens with zero attached hydrogens (tertiary/aromatic N) is 1. The van der Waals surface area contributed by atoms with Gasteiger partial charge in [-0.25, -0.2) is 4.98 Å². The molecule has 3 aromatic rings. The largest absolute Gasteiger partial charge is 0.312 e. The molecule has 0 fully saturated rings. The Kier molecular flexibility index (Phi) is 3.64. The van der Waals surface area contributed by atoms with E-state index in [1.54, 1.807) is 11.3 Å². The summed E-state index contributed by atoms with van der Waals surface area (Å²) in [4.78, 5) is 5.95. The second-order valence-corrected chi connectivity index (χ2v) is 6.67. The van der Waals surface area contributed by atoms with Crippen LogP contribution in [-0.2, 0) is 6.42 Å². The Morgan fingerprint density at radius 1 is 1.32 bits per heavy atom. The van der Waals surface area contributed by atoms with Crippen LogP contribution in [0.5, 0.6) is 0 Å². The minimum Gasteiger partial charge on any atom is -0.312 e. The first kappa shape index (κ1) is 12.8. The average Bonchev–Trinajstić information content (AvgIpc) is 3.01. The number of thiophene rings is 1. The number of benzene rings is 1. The summed E-state index contributed by atoms with van der Waals surface area (Å²) in [5.41, 5.74) is 1.12. The molecule has 0 saturated heterocycles. The van der Waals surface area contributed by atoms with Crippen LogP contribution >= 0.6 is 22.7 Å². The average molecular weight is 288 g/mol. The van der Waals surface area contributed by atoms with Crippen molar-refractivity contribution in [2.45, 2.75) is 19.4 Å². The molecule has 0 spiro atoms. The fourth-order valence-electron chi connectivity index (χ4n) is 2.19. The maximum Gasteiger partial charge on any atom is 0.0947 e. The van der Waals surface area contributed by atoms with Crippen molar-refractivity contribution in [1.82, 2.24) is 10.3 Å². The molecule has 0 radical (unpaired) electrons. The lowest BCUT2D eigenvalue weighted by Crippen LogP contribution is -2.17. The van der Waals surface area contributed by atoms with Gasteiger partial charge in [0, 0.05) is 33.1 Å². The van der Waals surface area contributed by atoms with Crippen molar-refractivity contribution in [3.8, 4) is 0 Å². The van der Waals surface area contributed by atoms with Crippen molar-refractivity contribution in [1.29, 1.82) is 0 Å². The van der Waals surface area contributed by atoms with E-state index in [4.69, 9.17) is 0 Å². The SMILES string of the molecule is CNC(Cc1nc(C)cs1)c1cc2ccccc2s1. The fourth-order valence-corrected chi connectivity index (χ4v) is 4.18. The zero-order chi connectivity index (χ0) is 13.2. The first-order valence-electron chi connectivity index (χ1n) is 6.33. The highest BCUT2D eigenvalue weighted by Gasteiger charge is 2.15. The Morgan fingerprint density at radius 3 is 2.84 bits per heavy atom. The van der Waals surface area contributed by atoms with E-state index in [2.05, 4.69) is 46.0 Å². The third-order valence-corrected chi connectivity index (χ3v) is 5.40. The first-order valence-corrected chi connectivity index (χ1v) is 8.02. The summed E-state index contributed by atoms with van der Waals surface area (Å²) in [7, 11) is 2.02. The van der Waals surface area contributed by atoms with E-state index in [9.17, 15) is 0 Å². The molecule has 0 bridgehead atoms. The van der Waals surface area contributed by atoms with Gasteiger partial charge in [-0.05, 0) is 31.5 Å². The van der Waals surface area contributed by atoms with E-state index < -0.39 is 0 Å². The number of hydrogen-bond donors (Lipinski definition) is 1. The molecule has 19 heavy (non-hydrogen) atoms. The quantitative estimate of drug-likeness (QED) is 0.779. The highest BCUT2D eigenvalue weighted by molar-refractivity contribution is 7.19. The van der Waals surface area contributed by atoms with E-state index in [-0.39, 0.29) is 0 Å². The summed E-state index contributed by atoms with van der Waals surface area (Å²) in [6, 6.07) is 11.2. The van der Waals surface area contributed by atoms with Crippen molar-refractivity contribution in [2.24, 2.45) is 0 Å². The maximum absolute atomic E-state index is 4.56. The molecule has 98 valence electrons. The van der Waals surface area contributed by atoms with Gasteiger partial charge < -0.3 is 5.32 Å². The predicted octanol–water partition coefficient (Wildman–Crippen LogP) is 4.17. The second kappa shape index (κ2) is 5.41. The normalized spacial score (nSPS) is 12.9. The van der Waals surface area contributed by atoms with Gasteiger partial charge in [-0.15, -0.1) is 22.7 Å². The number of rotatable bonds is 4. The van der Waals surface area contributed by atoms with E-state index >= 15 is 0 Å². The lowest BCUT2D eigenvalue weighted by molar-refractivity contribution is 0.600. The van der Waals surface area contributed by atoms with Crippen molar-refractivity contribution >= 4 is 32.8 Å². The Balaban J connectivity index is 1.88. The van der Waals surface area contributed by atoms with Crippen LogP contribution in [0.1, 0.15) is 21.6 Å². The molecule has 0 amide bonds. The Bertz CT molecular complexity index is 651. The molecule has 2 aromatic heterocycles. The molecule has 0 aliphatic carbocycles. The standard InChI is InChI=1S/C15H16N2S2/c1-10-9-18-15(17-10)8-12(16-2)14-7-11-5-3-4-6-13(11)19-14/h3-7,9,12,16H,8H2,1-2H3. The zero-order valence-electron chi connectivity index (χ0n) is 11.0. The second-order valence-electron chi connectivity index (χ2n) is 4.61. The van der Waals surface area contributed by atoms with Crippen molar-refractivity contribution in [2.75, 3.05) is 7.05 Å². The summed E-state index contributed by atoms with van der Waals surface area (Å²) >= 11 is 3.62. The lowest BCUT2D eigenvalue weighted by Gasteiger charge is -2.12. The minimum atomic E-state index is 0.350. The fraction of sp³-hybridized carbons (Fsp3) is 0.267. The van der Waals surface area contributed by atoms with Crippen LogP contribution in [0.4, 0.5) is 0 Å². The summed E-state index contributed by atoms with van der Waals surface area (Å²) in [6.07, 6.45) is 0.960. The van der Waals surface area contributed by atoms with Crippen molar-refractivity contribution in [3.05, 3.63) is 51.3 Å². The number of fused-ring (bicyclic) bond motifs is 1. The van der Waals surface area contributed by atoms with Gasteiger partial charge in [-0.2, -0.15) is 0 Å². The zero-order valence-corrected chi connectivity index (χ0v) is 12.6. The van der Waals surface area contributed by atoms with Crippen molar-refractivity contribution < 1.29 is 0 Å². The molecule has 0 saturated carbocycles. The summed E-state index contributed by atoms with van der Waals surface area (Å²) in [5.74, 6) is 0. The number of aryl methyl sites for hydroxylation is 1. The van der Waals surface area contributed by atoms with E-state index in [1.165, 1.54) is 20.0 Å². The molecule has 4 heteroatoms. The number of aromatic nitrogens is 1. The molecule has 2 nitrogen and oxygen atoms in total. The monoisotopic (exact) mass is 288 g/mol. The van der Waals surface area contributed by atoms with Crippen LogP contribution in [0.15, 0.2) is 35.7 Å². The van der Waals surface area contributed by atoms with Crippen molar-refractivity contribution in [3.63, 3.8) is 0 Å². The van der Waals surface area contributed by atoms with Gasteiger partial charge >= 0.3 is 0 Å². The lowest BCUT2D eigenvalue weighted by atomic mass is 10.1. The van der Waals surface area contributed by atoms with E-state index in [0.717, 1.165) is 12.1 Å². The predicted molar refractivity (Wildman–Crippen MR) is 84.2 cm³/mol. The van der Waals surface area contributed by atoms with Gasteiger partial charge in [-0.1, -0.05) is 18.2 Å². The van der Waals surface area contributed by atoms with Gasteiger partial charge in [0.05, 0.1) is 5.01 Å². The van der Waals surface area contributed by atoms with Crippen LogP contribution in [0.3, 0.4) is 0 Å². The molecular weight excluding hydrogens is 272 g/mol. The molecule has 0 aliphatic rings. The topological polar surface area (TPSA) is 24.9 Å². The summed E-state index contributed by atoms with van der Waals surface area (Å²) in [6.45, 7) is 2.05. The molecule has 3 rings (SSSR count). The number of thiazole rings is 1. The van der Waals surface area contributed by atoms with Gasteiger partial charge in [0.15, 0.2) is 0 Å². The van der Waals surface area contributed by atoms with Crippen LogP contribution < -0.4 is 5.32 Å². The maximum atomic E-state index is 4.56. The third-order valence-electron chi connectivity index (χ3n) is 3.18. The Labute approximate surface area is 121 Å². The third kappa shape index (κ3) is 2.71. The van der Waals surface area contributed by atoms with Crippen LogP contribution in [0, 0.1) is 6.92 Å². The van der Waals surface area contributed by atoms with Crippen LogP contribution in [-0.4, -0.2) is 12.0 Å². The number of likely N-dealkylation sites (N-methyl/N-ethyl adjacent to an activating group) is 1. The number of hydrogen-bond acceptors (Lipinski definition) is 4. The highest BCUT2D eigenvalue weighted by Crippen LogP contribution is 2.31. The minimum absolute atomic E-state index is 0.350. The molecular formula is C15H16N2S2. The van der Waals surface area contributed by atoms with Gasteiger partial charge in [0.2, 0.25) is 0 Å². The Hall–Kier alpha value is -1.23. The van der Waals surface area contributed by atoms with Gasteiger partial charge in [0.25, 0.3) is 0 Å². The van der Waals surface area contributed by atoms with E-state index in [0.29, 0.717) is 6.04 Å². The molecule has 1 N–H and O–H groups in total. The molecule has 2 heterocycles. The smallest absolute Gasteiger partial charge is 0.0947 e. The van der Waals surface area contributed by atoms with Gasteiger partial charge in [0.1, 0.15) is 0 Å².